The smallest absolute Gasteiger partial charge is 0.319 e. The topological polar surface area (TPSA) is 64.6 Å². The van der Waals surface area contributed by atoms with Gasteiger partial charge in [-0.05, 0) is 57.0 Å². The Morgan fingerprint density at radius 2 is 2.27 bits per heavy atom. The van der Waals surface area contributed by atoms with E-state index in [1.165, 1.54) is 12.1 Å². The van der Waals surface area contributed by atoms with Gasteiger partial charge in [-0.15, -0.1) is 0 Å². The number of hydrogen-bond acceptors (Lipinski definition) is 3. The molecule has 0 aliphatic carbocycles. The zero-order valence-corrected chi connectivity index (χ0v) is 12.7. The average molecular weight is 309 g/mol. The van der Waals surface area contributed by atoms with Crippen molar-refractivity contribution in [3.63, 3.8) is 0 Å². The number of unbranched alkanes of at least 4 members (excludes halogenated alkanes) is 1. The Balaban J connectivity index is 1.57. The van der Waals surface area contributed by atoms with Crippen molar-refractivity contribution in [3.8, 4) is 0 Å². The van der Waals surface area contributed by atoms with Gasteiger partial charge in [0.25, 0.3) is 0 Å². The fourth-order valence-corrected chi connectivity index (χ4v) is 2.78. The Bertz CT molecular complexity index is 484. The molecule has 3 N–H and O–H groups in total. The summed E-state index contributed by atoms with van der Waals surface area (Å²) in [5.41, 5.74) is 0.445. The molecule has 0 bridgehead atoms. The van der Waals surface area contributed by atoms with E-state index in [0.29, 0.717) is 18.3 Å². The summed E-state index contributed by atoms with van der Waals surface area (Å²) in [7, 11) is 0. The van der Waals surface area contributed by atoms with Crippen LogP contribution in [0.5, 0.6) is 0 Å². The van der Waals surface area contributed by atoms with Gasteiger partial charge in [-0.2, -0.15) is 0 Å². The van der Waals surface area contributed by atoms with E-state index in [-0.39, 0.29) is 18.5 Å². The molecule has 6 heteroatoms. The van der Waals surface area contributed by atoms with Crippen LogP contribution in [0.15, 0.2) is 24.3 Å². The van der Waals surface area contributed by atoms with Crippen LogP contribution < -0.4 is 10.6 Å². The van der Waals surface area contributed by atoms with E-state index in [1.54, 1.807) is 12.1 Å². The van der Waals surface area contributed by atoms with Crippen LogP contribution in [0.25, 0.3) is 0 Å². The molecule has 1 aliphatic rings. The summed E-state index contributed by atoms with van der Waals surface area (Å²) in [6.45, 7) is 2.82. The van der Waals surface area contributed by atoms with Crippen LogP contribution in [-0.4, -0.2) is 48.3 Å². The van der Waals surface area contributed by atoms with Crippen LogP contribution in [0.4, 0.5) is 14.9 Å². The lowest BCUT2D eigenvalue weighted by molar-refractivity contribution is 0.157. The Hall–Kier alpha value is -1.66. The summed E-state index contributed by atoms with van der Waals surface area (Å²) in [6, 6.07) is 5.80. The summed E-state index contributed by atoms with van der Waals surface area (Å²) < 4.78 is 13.0. The number of aliphatic hydroxyl groups excluding tert-OH is 1. The molecule has 0 saturated carbocycles. The third kappa shape index (κ3) is 5.27. The number of carbonyl (C=O) groups excluding carboxylic acids is 1. The number of anilines is 1. The van der Waals surface area contributed by atoms with Crippen molar-refractivity contribution < 1.29 is 14.3 Å². The molecular weight excluding hydrogens is 285 g/mol. The van der Waals surface area contributed by atoms with Crippen molar-refractivity contribution >= 4 is 11.7 Å². The highest BCUT2D eigenvalue weighted by atomic mass is 19.1. The SMILES string of the molecule is O=C(NCCCCN1CCCC1CO)Nc1cccc(F)c1. The van der Waals surface area contributed by atoms with Gasteiger partial charge < -0.3 is 15.7 Å². The molecule has 1 aliphatic heterocycles. The van der Waals surface area contributed by atoms with E-state index in [0.717, 1.165) is 38.8 Å². The van der Waals surface area contributed by atoms with E-state index < -0.39 is 0 Å². The first kappa shape index (κ1) is 16.7. The zero-order valence-electron chi connectivity index (χ0n) is 12.7. The molecule has 122 valence electrons. The van der Waals surface area contributed by atoms with Crippen LogP contribution in [-0.2, 0) is 0 Å². The molecule has 1 aromatic rings. The molecular formula is C16H24FN3O2. The number of aliphatic hydroxyl groups is 1. The third-order valence-corrected chi connectivity index (χ3v) is 3.95. The summed E-state index contributed by atoms with van der Waals surface area (Å²) in [5.74, 6) is -0.373. The van der Waals surface area contributed by atoms with Gasteiger partial charge in [0.05, 0.1) is 6.61 Å². The van der Waals surface area contributed by atoms with E-state index in [4.69, 9.17) is 0 Å². The minimum absolute atomic E-state index is 0.230. The van der Waals surface area contributed by atoms with Crippen LogP contribution in [0.2, 0.25) is 0 Å². The first-order valence-corrected chi connectivity index (χ1v) is 7.84. The van der Waals surface area contributed by atoms with Crippen molar-refractivity contribution in [2.75, 3.05) is 31.6 Å². The van der Waals surface area contributed by atoms with Gasteiger partial charge in [0.1, 0.15) is 5.82 Å². The first-order valence-electron chi connectivity index (χ1n) is 7.84. The number of urea groups is 1. The van der Waals surface area contributed by atoms with E-state index >= 15 is 0 Å². The van der Waals surface area contributed by atoms with Crippen molar-refractivity contribution in [3.05, 3.63) is 30.1 Å². The second-order valence-corrected chi connectivity index (χ2v) is 5.61. The van der Waals surface area contributed by atoms with Crippen LogP contribution in [0.1, 0.15) is 25.7 Å². The minimum Gasteiger partial charge on any atom is -0.395 e. The Morgan fingerprint density at radius 3 is 3.05 bits per heavy atom. The number of amides is 2. The molecule has 0 spiro atoms. The van der Waals surface area contributed by atoms with E-state index in [2.05, 4.69) is 15.5 Å². The van der Waals surface area contributed by atoms with Crippen molar-refractivity contribution in [1.29, 1.82) is 0 Å². The second kappa shape index (κ2) is 8.70. The maximum atomic E-state index is 13.0. The lowest BCUT2D eigenvalue weighted by atomic mass is 10.2. The van der Waals surface area contributed by atoms with Gasteiger partial charge in [0.15, 0.2) is 0 Å². The molecule has 1 unspecified atom stereocenters. The lowest BCUT2D eigenvalue weighted by Gasteiger charge is -2.22. The number of likely N-dealkylation sites (tertiary alicyclic amines) is 1. The molecule has 0 radical (unpaired) electrons. The Labute approximate surface area is 130 Å². The highest BCUT2D eigenvalue weighted by molar-refractivity contribution is 5.89. The van der Waals surface area contributed by atoms with Gasteiger partial charge in [0, 0.05) is 18.3 Å². The van der Waals surface area contributed by atoms with Crippen molar-refractivity contribution in [2.24, 2.45) is 0 Å². The highest BCUT2D eigenvalue weighted by Crippen LogP contribution is 2.16. The van der Waals surface area contributed by atoms with Gasteiger partial charge in [0.2, 0.25) is 0 Å². The predicted molar refractivity (Wildman–Crippen MR) is 84.3 cm³/mol. The predicted octanol–water partition coefficient (Wildman–Crippen LogP) is 2.18. The van der Waals surface area contributed by atoms with E-state index in [1.807, 2.05) is 0 Å². The third-order valence-electron chi connectivity index (χ3n) is 3.95. The monoisotopic (exact) mass is 309 g/mol. The summed E-state index contributed by atoms with van der Waals surface area (Å²) in [4.78, 5) is 14.0. The molecule has 1 aromatic carbocycles. The van der Waals surface area contributed by atoms with Crippen molar-refractivity contribution in [1.82, 2.24) is 10.2 Å². The normalized spacial score (nSPS) is 18.4. The standard InChI is InChI=1S/C16H24FN3O2/c17-13-5-3-6-14(11-13)19-16(22)18-8-1-2-9-20-10-4-7-15(20)12-21/h3,5-6,11,15,21H,1-2,4,7-10,12H2,(H2,18,19,22). The molecule has 2 amide bonds. The molecule has 1 heterocycles. The number of benzene rings is 1. The van der Waals surface area contributed by atoms with Gasteiger partial charge in [-0.3, -0.25) is 4.90 Å². The lowest BCUT2D eigenvalue weighted by Crippen LogP contribution is -2.34. The number of nitrogens with zero attached hydrogens (tertiary/aromatic N) is 1. The first-order chi connectivity index (χ1) is 10.7. The largest absolute Gasteiger partial charge is 0.395 e. The van der Waals surface area contributed by atoms with Crippen LogP contribution in [0, 0.1) is 5.82 Å². The molecule has 5 nitrogen and oxygen atoms in total. The molecule has 22 heavy (non-hydrogen) atoms. The quantitative estimate of drug-likeness (QED) is 0.677. The summed E-state index contributed by atoms with van der Waals surface area (Å²) in [6.07, 6.45) is 4.09. The fourth-order valence-electron chi connectivity index (χ4n) is 2.78. The van der Waals surface area contributed by atoms with Gasteiger partial charge in [-0.1, -0.05) is 6.07 Å². The second-order valence-electron chi connectivity index (χ2n) is 5.61. The number of hydrogen-bond donors (Lipinski definition) is 3. The molecule has 1 atom stereocenters. The maximum absolute atomic E-state index is 13.0. The fraction of sp³-hybridized carbons (Fsp3) is 0.562. The number of rotatable bonds is 7. The van der Waals surface area contributed by atoms with Crippen molar-refractivity contribution in [2.45, 2.75) is 31.7 Å². The van der Waals surface area contributed by atoms with Gasteiger partial charge in [-0.25, -0.2) is 9.18 Å². The van der Waals surface area contributed by atoms with E-state index in [9.17, 15) is 14.3 Å². The maximum Gasteiger partial charge on any atom is 0.319 e. The van der Waals surface area contributed by atoms with Crippen LogP contribution >= 0.6 is 0 Å². The summed E-state index contributed by atoms with van der Waals surface area (Å²) >= 11 is 0. The minimum atomic E-state index is -0.373. The molecule has 2 rings (SSSR count). The van der Waals surface area contributed by atoms with Crippen LogP contribution in [0.3, 0.4) is 0 Å². The Morgan fingerprint density at radius 1 is 1.41 bits per heavy atom. The number of halogens is 1. The zero-order chi connectivity index (χ0) is 15.8. The average Bonchev–Trinajstić information content (AvgIpc) is 2.94. The Kier molecular flexibility index (Phi) is 6.61. The molecule has 0 aromatic heterocycles. The number of carbonyl (C=O) groups is 1. The molecule has 1 fully saturated rings. The number of nitrogens with one attached hydrogen (secondary N) is 2. The molecule has 1 saturated heterocycles. The van der Waals surface area contributed by atoms with Gasteiger partial charge >= 0.3 is 6.03 Å². The highest BCUT2D eigenvalue weighted by Gasteiger charge is 2.22. The summed E-state index contributed by atoms with van der Waals surface area (Å²) in [5, 5.41) is 14.6.